The summed E-state index contributed by atoms with van der Waals surface area (Å²) in [7, 11) is -3.49. The molecule has 0 aliphatic carbocycles. The Morgan fingerprint density at radius 1 is 1.11 bits per heavy atom. The number of hydrogen-bond acceptors (Lipinski definition) is 4. The predicted molar refractivity (Wildman–Crippen MR) is 80.4 cm³/mol. The summed E-state index contributed by atoms with van der Waals surface area (Å²) < 4.78 is 26.7. The fourth-order valence-electron chi connectivity index (χ4n) is 1.56. The monoisotopic (exact) mass is 296 g/mol. The standard InChI is InChI=1S/C13H16N2O2S2/c1-2-8-14-11-3-5-13(6-4-11)19(16,17)15-12-7-9-18-10-12/h3-7,9-10,14-15H,2,8H2,1H3. The zero-order chi connectivity index (χ0) is 13.7. The second kappa shape index (κ2) is 6.08. The second-order valence-corrected chi connectivity index (χ2v) is 6.53. The Labute approximate surface area is 117 Å². The van der Waals surface area contributed by atoms with Crippen molar-refractivity contribution in [1.82, 2.24) is 0 Å². The highest BCUT2D eigenvalue weighted by Gasteiger charge is 2.13. The molecule has 4 nitrogen and oxygen atoms in total. The van der Waals surface area contributed by atoms with Crippen molar-refractivity contribution in [2.24, 2.45) is 0 Å². The molecule has 1 aromatic carbocycles. The Hall–Kier alpha value is -1.53. The van der Waals surface area contributed by atoms with E-state index in [4.69, 9.17) is 0 Å². The molecule has 2 rings (SSSR count). The van der Waals surface area contributed by atoms with Gasteiger partial charge in [0.25, 0.3) is 10.0 Å². The number of rotatable bonds is 6. The molecule has 1 heterocycles. The van der Waals surface area contributed by atoms with Crippen molar-refractivity contribution >= 4 is 32.7 Å². The summed E-state index contributed by atoms with van der Waals surface area (Å²) in [5, 5.41) is 6.79. The number of sulfonamides is 1. The molecule has 0 saturated carbocycles. The van der Waals surface area contributed by atoms with E-state index in [0.29, 0.717) is 5.69 Å². The summed E-state index contributed by atoms with van der Waals surface area (Å²) >= 11 is 1.45. The van der Waals surface area contributed by atoms with E-state index in [1.165, 1.54) is 11.3 Å². The van der Waals surface area contributed by atoms with Crippen LogP contribution in [-0.4, -0.2) is 15.0 Å². The molecule has 0 aliphatic heterocycles. The molecule has 0 radical (unpaired) electrons. The molecule has 2 N–H and O–H groups in total. The largest absolute Gasteiger partial charge is 0.385 e. The second-order valence-electron chi connectivity index (χ2n) is 4.07. The van der Waals surface area contributed by atoms with Crippen LogP contribution in [-0.2, 0) is 10.0 Å². The third kappa shape index (κ3) is 3.71. The molecule has 102 valence electrons. The van der Waals surface area contributed by atoms with Crippen molar-refractivity contribution in [2.45, 2.75) is 18.2 Å². The Morgan fingerprint density at radius 2 is 1.84 bits per heavy atom. The first-order valence-corrected chi connectivity index (χ1v) is 8.43. The molecule has 6 heteroatoms. The molecule has 0 fully saturated rings. The Balaban J connectivity index is 2.12. The maximum absolute atomic E-state index is 12.1. The number of thiophene rings is 1. The van der Waals surface area contributed by atoms with Crippen LogP contribution in [0.2, 0.25) is 0 Å². The molecule has 0 bridgehead atoms. The van der Waals surface area contributed by atoms with Gasteiger partial charge in [-0.3, -0.25) is 4.72 Å². The van der Waals surface area contributed by atoms with E-state index in [0.717, 1.165) is 18.7 Å². The molecular formula is C13H16N2O2S2. The van der Waals surface area contributed by atoms with Crippen LogP contribution in [0.4, 0.5) is 11.4 Å². The molecule has 0 unspecified atom stereocenters. The summed E-state index contributed by atoms with van der Waals surface area (Å²) in [4.78, 5) is 0.265. The van der Waals surface area contributed by atoms with Gasteiger partial charge in [0, 0.05) is 17.6 Å². The van der Waals surface area contributed by atoms with Gasteiger partial charge in [0.2, 0.25) is 0 Å². The summed E-state index contributed by atoms with van der Waals surface area (Å²) in [5.74, 6) is 0. The number of anilines is 2. The molecule has 19 heavy (non-hydrogen) atoms. The number of benzene rings is 1. The number of hydrogen-bond donors (Lipinski definition) is 2. The first-order valence-electron chi connectivity index (χ1n) is 6.01. The topological polar surface area (TPSA) is 58.2 Å². The van der Waals surface area contributed by atoms with Crippen molar-refractivity contribution in [3.63, 3.8) is 0 Å². The van der Waals surface area contributed by atoms with Crippen LogP contribution >= 0.6 is 11.3 Å². The predicted octanol–water partition coefficient (Wildman–Crippen LogP) is 3.37. The van der Waals surface area contributed by atoms with Crippen LogP contribution in [0.15, 0.2) is 46.0 Å². The van der Waals surface area contributed by atoms with Gasteiger partial charge >= 0.3 is 0 Å². The number of nitrogens with one attached hydrogen (secondary N) is 2. The molecular weight excluding hydrogens is 280 g/mol. The van der Waals surface area contributed by atoms with Crippen LogP contribution in [0, 0.1) is 0 Å². The van der Waals surface area contributed by atoms with Gasteiger partial charge in [0.15, 0.2) is 0 Å². The molecule has 0 atom stereocenters. The Morgan fingerprint density at radius 3 is 2.42 bits per heavy atom. The van der Waals surface area contributed by atoms with Gasteiger partial charge in [-0.05, 0) is 42.1 Å². The Bertz CT molecular complexity index is 605. The zero-order valence-electron chi connectivity index (χ0n) is 10.6. The third-order valence-corrected chi connectivity index (χ3v) is 4.60. The average Bonchev–Trinajstić information content (AvgIpc) is 2.89. The average molecular weight is 296 g/mol. The van der Waals surface area contributed by atoms with Crippen molar-refractivity contribution in [1.29, 1.82) is 0 Å². The van der Waals surface area contributed by atoms with E-state index < -0.39 is 10.0 Å². The Kier molecular flexibility index (Phi) is 4.44. The summed E-state index contributed by atoms with van der Waals surface area (Å²) in [6, 6.07) is 8.49. The van der Waals surface area contributed by atoms with Crippen LogP contribution in [0.5, 0.6) is 0 Å². The highest BCUT2D eigenvalue weighted by atomic mass is 32.2. The first-order chi connectivity index (χ1) is 9.12. The zero-order valence-corrected chi connectivity index (χ0v) is 12.2. The summed E-state index contributed by atoms with van der Waals surface area (Å²) in [6.45, 7) is 2.95. The molecule has 0 saturated heterocycles. The van der Waals surface area contributed by atoms with Gasteiger partial charge in [-0.2, -0.15) is 11.3 Å². The van der Waals surface area contributed by atoms with Gasteiger partial charge in [-0.15, -0.1) is 0 Å². The van der Waals surface area contributed by atoms with Gasteiger partial charge in [0.05, 0.1) is 10.6 Å². The van der Waals surface area contributed by atoms with Gasteiger partial charge in [-0.1, -0.05) is 6.92 Å². The normalized spacial score (nSPS) is 11.2. The maximum atomic E-state index is 12.1. The summed E-state index contributed by atoms with van der Waals surface area (Å²) in [5.41, 5.74) is 1.52. The van der Waals surface area contributed by atoms with Gasteiger partial charge in [-0.25, -0.2) is 8.42 Å². The van der Waals surface area contributed by atoms with Crippen molar-refractivity contribution in [2.75, 3.05) is 16.6 Å². The molecule has 2 aromatic rings. The van der Waals surface area contributed by atoms with E-state index in [-0.39, 0.29) is 4.90 Å². The first kappa shape index (κ1) is 13.9. The molecule has 0 aliphatic rings. The lowest BCUT2D eigenvalue weighted by molar-refractivity contribution is 0.601. The van der Waals surface area contributed by atoms with Crippen LogP contribution in [0.25, 0.3) is 0 Å². The van der Waals surface area contributed by atoms with E-state index in [1.807, 2.05) is 5.38 Å². The molecule has 0 amide bonds. The van der Waals surface area contributed by atoms with E-state index in [1.54, 1.807) is 35.7 Å². The third-order valence-electron chi connectivity index (χ3n) is 2.52. The van der Waals surface area contributed by atoms with Crippen molar-refractivity contribution in [3.05, 3.63) is 41.1 Å². The quantitative estimate of drug-likeness (QED) is 0.859. The van der Waals surface area contributed by atoms with E-state index in [9.17, 15) is 8.42 Å². The minimum atomic E-state index is -3.49. The molecule has 1 aromatic heterocycles. The molecule has 0 spiro atoms. The smallest absolute Gasteiger partial charge is 0.261 e. The van der Waals surface area contributed by atoms with E-state index >= 15 is 0 Å². The van der Waals surface area contributed by atoms with Crippen LogP contribution in [0.3, 0.4) is 0 Å². The minimum Gasteiger partial charge on any atom is -0.385 e. The minimum absolute atomic E-state index is 0.265. The summed E-state index contributed by atoms with van der Waals surface area (Å²) in [6.07, 6.45) is 1.03. The van der Waals surface area contributed by atoms with Gasteiger partial charge < -0.3 is 5.32 Å². The van der Waals surface area contributed by atoms with Gasteiger partial charge in [0.1, 0.15) is 0 Å². The SMILES string of the molecule is CCCNc1ccc(S(=O)(=O)Nc2ccsc2)cc1. The fraction of sp³-hybridized carbons (Fsp3) is 0.231. The lowest BCUT2D eigenvalue weighted by atomic mass is 10.3. The van der Waals surface area contributed by atoms with Crippen LogP contribution < -0.4 is 10.0 Å². The van der Waals surface area contributed by atoms with Crippen molar-refractivity contribution in [3.8, 4) is 0 Å². The fourth-order valence-corrected chi connectivity index (χ4v) is 3.27. The highest BCUT2D eigenvalue weighted by Crippen LogP contribution is 2.19. The lowest BCUT2D eigenvalue weighted by Gasteiger charge is -2.08. The van der Waals surface area contributed by atoms with Crippen molar-refractivity contribution < 1.29 is 8.42 Å². The highest BCUT2D eigenvalue weighted by molar-refractivity contribution is 7.92. The van der Waals surface area contributed by atoms with E-state index in [2.05, 4.69) is 17.0 Å². The maximum Gasteiger partial charge on any atom is 0.261 e. The lowest BCUT2D eigenvalue weighted by Crippen LogP contribution is -2.12. The van der Waals surface area contributed by atoms with Crippen LogP contribution in [0.1, 0.15) is 13.3 Å².